The first-order valence-corrected chi connectivity index (χ1v) is 3.94. The van der Waals surface area contributed by atoms with E-state index < -0.39 is 0 Å². The van der Waals surface area contributed by atoms with Gasteiger partial charge in [-0.25, -0.2) is 4.99 Å². The molecule has 62 valence electrons. The molecule has 0 atom stereocenters. The van der Waals surface area contributed by atoms with E-state index in [1.165, 1.54) is 0 Å². The number of nitrogens with zero attached hydrogens (tertiary/aromatic N) is 1. The lowest BCUT2D eigenvalue weighted by Gasteiger charge is -1.99. The topological polar surface area (TPSA) is 45.2 Å². The van der Waals surface area contributed by atoms with E-state index in [2.05, 4.69) is 9.98 Å². The Bertz CT molecular complexity index is 415. The summed E-state index contributed by atoms with van der Waals surface area (Å²) in [4.78, 5) is 18.0. The van der Waals surface area contributed by atoms with Gasteiger partial charge in [-0.05, 0) is 19.4 Å². The highest BCUT2D eigenvalue weighted by Gasteiger charge is 2.14. The van der Waals surface area contributed by atoms with Gasteiger partial charge in [-0.2, -0.15) is 0 Å². The molecular formula is C9H10N2O. The maximum absolute atomic E-state index is 11.0. The fraction of sp³-hybridized carbons (Fsp3) is 0.333. The molecule has 0 bridgehead atoms. The van der Waals surface area contributed by atoms with Crippen molar-refractivity contribution >= 4 is 11.5 Å². The minimum Gasteiger partial charge on any atom is -0.307 e. The number of hydrogen-bond donors (Lipinski definition) is 1. The fourth-order valence-electron chi connectivity index (χ4n) is 1.50. The Balaban J connectivity index is 2.69. The molecule has 0 amide bonds. The molecule has 2 rings (SSSR count). The van der Waals surface area contributed by atoms with Crippen LogP contribution in [0.5, 0.6) is 0 Å². The molecule has 0 saturated heterocycles. The van der Waals surface area contributed by atoms with Gasteiger partial charge in [0.2, 0.25) is 5.56 Å². The maximum Gasteiger partial charge on any atom is 0.249 e. The minimum atomic E-state index is -0.0651. The molecular weight excluding hydrogens is 152 g/mol. The molecule has 0 aliphatic carbocycles. The lowest BCUT2D eigenvalue weighted by atomic mass is 10.1. The van der Waals surface area contributed by atoms with Crippen LogP contribution in [0.4, 0.5) is 5.82 Å². The lowest BCUT2D eigenvalue weighted by molar-refractivity contribution is 1.15. The minimum absolute atomic E-state index is 0.0651. The first-order chi connectivity index (χ1) is 5.66. The standard InChI is InChI=1S/C9H10N2O/c1-5-3-8(12)11-9-7(5)4-6(2)10-9/h3H,4H2,1-2H3,(H,11,12). The Labute approximate surface area is 70.2 Å². The molecule has 1 aliphatic rings. The van der Waals surface area contributed by atoms with Gasteiger partial charge >= 0.3 is 0 Å². The summed E-state index contributed by atoms with van der Waals surface area (Å²) in [6.07, 6.45) is 0.873. The van der Waals surface area contributed by atoms with E-state index in [4.69, 9.17) is 0 Å². The summed E-state index contributed by atoms with van der Waals surface area (Å²) in [7, 11) is 0. The third-order valence-electron chi connectivity index (χ3n) is 2.09. The quantitative estimate of drug-likeness (QED) is 0.614. The second-order valence-corrected chi connectivity index (χ2v) is 3.17. The van der Waals surface area contributed by atoms with Crippen molar-refractivity contribution < 1.29 is 0 Å². The van der Waals surface area contributed by atoms with Crippen molar-refractivity contribution in [2.24, 2.45) is 4.99 Å². The summed E-state index contributed by atoms with van der Waals surface area (Å²) in [6, 6.07) is 1.62. The van der Waals surface area contributed by atoms with E-state index in [0.29, 0.717) is 0 Å². The lowest BCUT2D eigenvalue weighted by Crippen LogP contribution is -2.05. The predicted octanol–water partition coefficient (Wildman–Crippen LogP) is 1.33. The van der Waals surface area contributed by atoms with Crippen molar-refractivity contribution in [3.63, 3.8) is 0 Å². The van der Waals surface area contributed by atoms with Crippen molar-refractivity contribution in [1.29, 1.82) is 0 Å². The highest BCUT2D eigenvalue weighted by atomic mass is 16.1. The van der Waals surface area contributed by atoms with E-state index in [9.17, 15) is 4.79 Å². The van der Waals surface area contributed by atoms with E-state index in [0.717, 1.165) is 29.1 Å². The zero-order valence-electron chi connectivity index (χ0n) is 7.14. The van der Waals surface area contributed by atoms with E-state index in [-0.39, 0.29) is 5.56 Å². The second kappa shape index (κ2) is 2.30. The average molecular weight is 162 g/mol. The highest BCUT2D eigenvalue weighted by Crippen LogP contribution is 2.24. The SMILES string of the molecule is CC1=Nc2[nH]c(=O)cc(C)c2C1. The van der Waals surface area contributed by atoms with Crippen LogP contribution in [0.25, 0.3) is 0 Å². The monoisotopic (exact) mass is 162 g/mol. The second-order valence-electron chi connectivity index (χ2n) is 3.17. The first kappa shape index (κ1) is 7.28. The van der Waals surface area contributed by atoms with Gasteiger partial charge in [-0.1, -0.05) is 0 Å². The van der Waals surface area contributed by atoms with Crippen LogP contribution < -0.4 is 5.56 Å². The Morgan fingerprint density at radius 1 is 1.50 bits per heavy atom. The van der Waals surface area contributed by atoms with Gasteiger partial charge in [0.15, 0.2) is 0 Å². The number of aryl methyl sites for hydroxylation is 1. The summed E-state index contributed by atoms with van der Waals surface area (Å²) < 4.78 is 0. The van der Waals surface area contributed by atoms with Crippen LogP contribution in [0.3, 0.4) is 0 Å². The van der Waals surface area contributed by atoms with Gasteiger partial charge in [0, 0.05) is 23.8 Å². The van der Waals surface area contributed by atoms with E-state index in [1.54, 1.807) is 6.07 Å². The Morgan fingerprint density at radius 3 is 3.00 bits per heavy atom. The van der Waals surface area contributed by atoms with Crippen LogP contribution >= 0.6 is 0 Å². The molecule has 0 unspecified atom stereocenters. The summed E-state index contributed by atoms with van der Waals surface area (Å²) in [5.74, 6) is 0.748. The molecule has 1 aromatic heterocycles. The van der Waals surface area contributed by atoms with Crippen molar-refractivity contribution in [3.05, 3.63) is 27.5 Å². The van der Waals surface area contributed by atoms with Gasteiger partial charge in [0.05, 0.1) is 0 Å². The summed E-state index contributed by atoms with van der Waals surface area (Å²) in [5, 5.41) is 0. The molecule has 12 heavy (non-hydrogen) atoms. The third kappa shape index (κ3) is 0.978. The number of pyridine rings is 1. The number of aliphatic imine (C=N–C) groups is 1. The van der Waals surface area contributed by atoms with Crippen molar-refractivity contribution in [2.45, 2.75) is 20.3 Å². The average Bonchev–Trinajstić information content (AvgIpc) is 2.29. The number of rotatable bonds is 0. The zero-order chi connectivity index (χ0) is 8.72. The van der Waals surface area contributed by atoms with Gasteiger partial charge in [-0.15, -0.1) is 0 Å². The Morgan fingerprint density at radius 2 is 2.25 bits per heavy atom. The molecule has 1 aromatic rings. The van der Waals surface area contributed by atoms with Gasteiger partial charge in [-0.3, -0.25) is 4.79 Å². The number of aromatic nitrogens is 1. The molecule has 0 fully saturated rings. The fourth-order valence-corrected chi connectivity index (χ4v) is 1.50. The normalized spacial score (nSPS) is 14.3. The van der Waals surface area contributed by atoms with Crippen LogP contribution in [-0.2, 0) is 6.42 Å². The number of fused-ring (bicyclic) bond motifs is 1. The Hall–Kier alpha value is -1.38. The molecule has 1 N–H and O–H groups in total. The van der Waals surface area contributed by atoms with Crippen LogP contribution in [0.1, 0.15) is 18.1 Å². The van der Waals surface area contributed by atoms with E-state index in [1.807, 2.05) is 13.8 Å². The molecule has 3 heteroatoms. The number of aromatic amines is 1. The largest absolute Gasteiger partial charge is 0.307 e. The molecule has 1 aliphatic heterocycles. The van der Waals surface area contributed by atoms with Gasteiger partial charge in [0.25, 0.3) is 0 Å². The predicted molar refractivity (Wildman–Crippen MR) is 48.3 cm³/mol. The number of hydrogen-bond acceptors (Lipinski definition) is 2. The van der Waals surface area contributed by atoms with Crippen molar-refractivity contribution in [1.82, 2.24) is 4.98 Å². The van der Waals surface area contributed by atoms with Crippen LogP contribution in [-0.4, -0.2) is 10.7 Å². The zero-order valence-corrected chi connectivity index (χ0v) is 7.14. The third-order valence-corrected chi connectivity index (χ3v) is 2.09. The van der Waals surface area contributed by atoms with Crippen LogP contribution in [0.15, 0.2) is 15.9 Å². The number of nitrogens with one attached hydrogen (secondary N) is 1. The van der Waals surface area contributed by atoms with Gasteiger partial charge < -0.3 is 4.98 Å². The first-order valence-electron chi connectivity index (χ1n) is 3.94. The maximum atomic E-state index is 11.0. The molecule has 0 radical (unpaired) electrons. The molecule has 0 aromatic carbocycles. The molecule has 2 heterocycles. The summed E-state index contributed by atoms with van der Waals surface area (Å²) in [6.45, 7) is 3.92. The van der Waals surface area contributed by atoms with E-state index >= 15 is 0 Å². The summed E-state index contributed by atoms with van der Waals surface area (Å²) in [5.41, 5.74) is 3.20. The van der Waals surface area contributed by atoms with Gasteiger partial charge in [0.1, 0.15) is 5.82 Å². The number of H-pyrrole nitrogens is 1. The Kier molecular flexibility index (Phi) is 1.40. The summed E-state index contributed by atoms with van der Waals surface area (Å²) >= 11 is 0. The highest BCUT2D eigenvalue weighted by molar-refractivity contribution is 5.91. The molecule has 0 saturated carbocycles. The van der Waals surface area contributed by atoms with Crippen LogP contribution in [0, 0.1) is 6.92 Å². The smallest absolute Gasteiger partial charge is 0.249 e. The van der Waals surface area contributed by atoms with Crippen molar-refractivity contribution in [3.8, 4) is 0 Å². The molecule has 0 spiro atoms. The molecule has 3 nitrogen and oxygen atoms in total. The van der Waals surface area contributed by atoms with Crippen molar-refractivity contribution in [2.75, 3.05) is 0 Å². The van der Waals surface area contributed by atoms with Crippen LogP contribution in [0.2, 0.25) is 0 Å².